The SMILES string of the molecule is OC(c1ccc(OC2CCCCO2)cc1)c1ncco1. The van der Waals surface area contributed by atoms with Crippen molar-refractivity contribution in [2.45, 2.75) is 31.7 Å². The minimum Gasteiger partial charge on any atom is -0.465 e. The molecule has 2 heterocycles. The molecule has 2 unspecified atom stereocenters. The number of rotatable bonds is 4. The van der Waals surface area contributed by atoms with Gasteiger partial charge in [0.25, 0.3) is 0 Å². The standard InChI is InChI=1S/C15H17NO4/c17-14(15-16-8-10-19-15)11-4-6-12(7-5-11)20-13-3-1-2-9-18-13/h4-8,10,13-14,17H,1-3,9H2. The van der Waals surface area contributed by atoms with Crippen molar-refractivity contribution in [3.8, 4) is 5.75 Å². The van der Waals surface area contributed by atoms with Gasteiger partial charge in [0, 0.05) is 6.42 Å². The Kier molecular flexibility index (Phi) is 3.99. The number of aliphatic hydroxyl groups excluding tert-OH is 1. The third-order valence-corrected chi connectivity index (χ3v) is 3.29. The van der Waals surface area contributed by atoms with Crippen LogP contribution in [0.2, 0.25) is 0 Å². The van der Waals surface area contributed by atoms with Crippen LogP contribution >= 0.6 is 0 Å². The van der Waals surface area contributed by atoms with Crippen molar-refractivity contribution in [3.05, 3.63) is 48.2 Å². The van der Waals surface area contributed by atoms with Crippen LogP contribution in [0.15, 0.2) is 41.1 Å². The van der Waals surface area contributed by atoms with Gasteiger partial charge in [-0.15, -0.1) is 0 Å². The Labute approximate surface area is 117 Å². The first-order valence-corrected chi connectivity index (χ1v) is 6.78. The predicted molar refractivity (Wildman–Crippen MR) is 71.2 cm³/mol. The topological polar surface area (TPSA) is 64.7 Å². The quantitative estimate of drug-likeness (QED) is 0.929. The van der Waals surface area contributed by atoms with E-state index in [1.807, 2.05) is 12.1 Å². The van der Waals surface area contributed by atoms with Crippen LogP contribution in [0, 0.1) is 0 Å². The first kappa shape index (κ1) is 13.1. The number of ether oxygens (including phenoxy) is 2. The van der Waals surface area contributed by atoms with Crippen LogP contribution in [-0.4, -0.2) is 23.0 Å². The van der Waals surface area contributed by atoms with Crippen LogP contribution in [0.5, 0.6) is 5.75 Å². The summed E-state index contributed by atoms with van der Waals surface area (Å²) in [6.07, 6.45) is 5.08. The van der Waals surface area contributed by atoms with E-state index in [2.05, 4.69) is 4.98 Å². The Morgan fingerprint density at radius 1 is 1.25 bits per heavy atom. The lowest BCUT2D eigenvalue weighted by Crippen LogP contribution is -2.24. The van der Waals surface area contributed by atoms with Crippen molar-refractivity contribution in [2.75, 3.05) is 6.61 Å². The Morgan fingerprint density at radius 3 is 2.75 bits per heavy atom. The van der Waals surface area contributed by atoms with Crippen LogP contribution in [0.4, 0.5) is 0 Å². The molecule has 5 nitrogen and oxygen atoms in total. The number of benzene rings is 1. The summed E-state index contributed by atoms with van der Waals surface area (Å²) < 4.78 is 16.3. The van der Waals surface area contributed by atoms with E-state index in [0.717, 1.165) is 31.6 Å². The van der Waals surface area contributed by atoms with Crippen molar-refractivity contribution in [2.24, 2.45) is 0 Å². The monoisotopic (exact) mass is 275 g/mol. The zero-order valence-electron chi connectivity index (χ0n) is 11.1. The molecule has 1 aliphatic heterocycles. The highest BCUT2D eigenvalue weighted by molar-refractivity contribution is 5.30. The molecule has 0 radical (unpaired) electrons. The third kappa shape index (κ3) is 3.00. The number of hydrogen-bond donors (Lipinski definition) is 1. The van der Waals surface area contributed by atoms with Crippen molar-refractivity contribution < 1.29 is 19.0 Å². The predicted octanol–water partition coefficient (Wildman–Crippen LogP) is 2.66. The molecule has 0 bridgehead atoms. The molecule has 0 aliphatic carbocycles. The van der Waals surface area contributed by atoms with Crippen molar-refractivity contribution in [1.29, 1.82) is 0 Å². The molecule has 3 rings (SSSR count). The number of nitrogens with zero attached hydrogens (tertiary/aromatic N) is 1. The highest BCUT2D eigenvalue weighted by Gasteiger charge is 2.17. The van der Waals surface area contributed by atoms with E-state index in [9.17, 15) is 5.11 Å². The summed E-state index contributed by atoms with van der Waals surface area (Å²) in [5.74, 6) is 1.02. The molecule has 1 saturated heterocycles. The number of aliphatic hydroxyl groups is 1. The maximum absolute atomic E-state index is 10.1. The Balaban J connectivity index is 1.65. The van der Waals surface area contributed by atoms with E-state index in [1.165, 1.54) is 12.5 Å². The van der Waals surface area contributed by atoms with Gasteiger partial charge in [0.15, 0.2) is 12.4 Å². The maximum Gasteiger partial charge on any atom is 0.227 e. The summed E-state index contributed by atoms with van der Waals surface area (Å²) in [6, 6.07) is 7.24. The Bertz CT molecular complexity index is 517. The lowest BCUT2D eigenvalue weighted by Gasteiger charge is -2.23. The fraction of sp³-hybridized carbons (Fsp3) is 0.400. The van der Waals surface area contributed by atoms with Crippen molar-refractivity contribution in [3.63, 3.8) is 0 Å². The fourth-order valence-electron chi connectivity index (χ4n) is 2.20. The molecular formula is C15H17NO4. The van der Waals surface area contributed by atoms with Crippen LogP contribution in [0.3, 0.4) is 0 Å². The van der Waals surface area contributed by atoms with Gasteiger partial charge in [0.1, 0.15) is 12.0 Å². The van der Waals surface area contributed by atoms with Gasteiger partial charge in [-0.3, -0.25) is 0 Å². The Hall–Kier alpha value is -1.85. The molecule has 2 atom stereocenters. The highest BCUT2D eigenvalue weighted by Crippen LogP contribution is 2.24. The zero-order chi connectivity index (χ0) is 13.8. The van der Waals surface area contributed by atoms with E-state index < -0.39 is 6.10 Å². The van der Waals surface area contributed by atoms with Gasteiger partial charge in [-0.25, -0.2) is 4.98 Å². The third-order valence-electron chi connectivity index (χ3n) is 3.29. The summed E-state index contributed by atoms with van der Waals surface area (Å²) in [4.78, 5) is 3.94. The first-order valence-electron chi connectivity index (χ1n) is 6.78. The van der Waals surface area contributed by atoms with E-state index in [-0.39, 0.29) is 12.2 Å². The molecule has 1 aromatic heterocycles. The van der Waals surface area contributed by atoms with Gasteiger partial charge in [0.05, 0.1) is 12.8 Å². The minimum atomic E-state index is -0.856. The summed E-state index contributed by atoms with van der Waals surface area (Å²) in [7, 11) is 0. The lowest BCUT2D eigenvalue weighted by atomic mass is 10.1. The molecule has 5 heteroatoms. The van der Waals surface area contributed by atoms with E-state index in [4.69, 9.17) is 13.9 Å². The van der Waals surface area contributed by atoms with Crippen LogP contribution in [0.25, 0.3) is 0 Å². The van der Waals surface area contributed by atoms with Gasteiger partial charge in [-0.05, 0) is 30.5 Å². The van der Waals surface area contributed by atoms with E-state index >= 15 is 0 Å². The molecule has 2 aromatic rings. The average Bonchev–Trinajstić information content (AvgIpc) is 3.03. The second-order valence-corrected chi connectivity index (χ2v) is 4.76. The molecule has 1 aliphatic rings. The summed E-state index contributed by atoms with van der Waals surface area (Å²) >= 11 is 0. The normalized spacial score (nSPS) is 20.6. The molecule has 0 amide bonds. The maximum atomic E-state index is 10.1. The van der Waals surface area contributed by atoms with Crippen LogP contribution in [0.1, 0.15) is 36.8 Å². The summed E-state index contributed by atoms with van der Waals surface area (Å²) in [6.45, 7) is 0.756. The molecule has 0 saturated carbocycles. The van der Waals surface area contributed by atoms with Gasteiger partial charge in [-0.1, -0.05) is 12.1 Å². The van der Waals surface area contributed by atoms with Crippen LogP contribution < -0.4 is 4.74 Å². The average molecular weight is 275 g/mol. The minimum absolute atomic E-state index is 0.161. The van der Waals surface area contributed by atoms with Gasteiger partial charge in [-0.2, -0.15) is 0 Å². The second kappa shape index (κ2) is 6.07. The molecule has 1 fully saturated rings. The van der Waals surface area contributed by atoms with Gasteiger partial charge < -0.3 is 19.0 Å². The molecule has 1 aromatic carbocycles. The fourth-order valence-corrected chi connectivity index (χ4v) is 2.20. The largest absolute Gasteiger partial charge is 0.465 e. The number of hydrogen-bond acceptors (Lipinski definition) is 5. The zero-order valence-corrected chi connectivity index (χ0v) is 11.1. The van der Waals surface area contributed by atoms with Gasteiger partial charge >= 0.3 is 0 Å². The van der Waals surface area contributed by atoms with E-state index in [0.29, 0.717) is 5.56 Å². The molecule has 106 valence electrons. The summed E-state index contributed by atoms with van der Waals surface area (Å²) in [5.41, 5.74) is 0.712. The first-order chi connectivity index (χ1) is 9.83. The molecule has 1 N–H and O–H groups in total. The van der Waals surface area contributed by atoms with Gasteiger partial charge in [0.2, 0.25) is 5.89 Å². The second-order valence-electron chi connectivity index (χ2n) is 4.76. The number of oxazole rings is 1. The van der Waals surface area contributed by atoms with Crippen molar-refractivity contribution >= 4 is 0 Å². The molecular weight excluding hydrogens is 258 g/mol. The lowest BCUT2D eigenvalue weighted by molar-refractivity contribution is -0.105. The Morgan fingerprint density at radius 2 is 2.10 bits per heavy atom. The summed E-state index contributed by atoms with van der Waals surface area (Å²) in [5, 5.41) is 10.1. The smallest absolute Gasteiger partial charge is 0.227 e. The van der Waals surface area contributed by atoms with Crippen molar-refractivity contribution in [1.82, 2.24) is 4.98 Å². The van der Waals surface area contributed by atoms with E-state index in [1.54, 1.807) is 12.1 Å². The highest BCUT2D eigenvalue weighted by atomic mass is 16.7. The molecule has 20 heavy (non-hydrogen) atoms. The van der Waals surface area contributed by atoms with Crippen LogP contribution in [-0.2, 0) is 4.74 Å². The molecule has 0 spiro atoms. The number of aromatic nitrogens is 1.